The Balaban J connectivity index is 3.02. The lowest BCUT2D eigenvalue weighted by Gasteiger charge is -2.27. The molecule has 5 nitrogen and oxygen atoms in total. The molecule has 19 heavy (non-hydrogen) atoms. The van der Waals surface area contributed by atoms with Crippen molar-refractivity contribution in [3.05, 3.63) is 16.9 Å². The molecule has 0 bridgehead atoms. The van der Waals surface area contributed by atoms with E-state index < -0.39 is 0 Å². The highest BCUT2D eigenvalue weighted by atomic mass is 35.5. The lowest BCUT2D eigenvalue weighted by atomic mass is 10.0. The minimum Gasteiger partial charge on any atom is -0.376 e. The number of aromatic nitrogens is 2. The van der Waals surface area contributed by atoms with E-state index in [1.54, 1.807) is 6.20 Å². The molecule has 0 spiro atoms. The molecular formula is C13H25ClN4O. The van der Waals surface area contributed by atoms with E-state index in [0.717, 1.165) is 31.5 Å². The van der Waals surface area contributed by atoms with Gasteiger partial charge in [-0.05, 0) is 19.8 Å². The minimum atomic E-state index is -0.138. The molecule has 0 amide bonds. The second kappa shape index (κ2) is 8.53. The van der Waals surface area contributed by atoms with Crippen LogP contribution in [0.4, 0.5) is 0 Å². The van der Waals surface area contributed by atoms with Crippen LogP contribution in [0.3, 0.4) is 0 Å². The summed E-state index contributed by atoms with van der Waals surface area (Å²) in [5, 5.41) is 4.95. The fourth-order valence-electron chi connectivity index (χ4n) is 2.28. The number of hydrazine groups is 1. The van der Waals surface area contributed by atoms with Crippen LogP contribution in [0.25, 0.3) is 0 Å². The van der Waals surface area contributed by atoms with Crippen molar-refractivity contribution in [2.24, 2.45) is 5.84 Å². The summed E-state index contributed by atoms with van der Waals surface area (Å²) < 4.78 is 7.72. The molecule has 2 unspecified atom stereocenters. The van der Waals surface area contributed by atoms with Crippen LogP contribution in [0.15, 0.2) is 6.20 Å². The lowest BCUT2D eigenvalue weighted by Crippen LogP contribution is -2.39. The first kappa shape index (κ1) is 16.4. The number of ether oxygens (including phenoxy) is 1. The number of hydrogen-bond donors (Lipinski definition) is 2. The number of halogens is 1. The van der Waals surface area contributed by atoms with Gasteiger partial charge in [0.15, 0.2) is 0 Å². The molecule has 2 atom stereocenters. The molecule has 1 aromatic heterocycles. The smallest absolute Gasteiger partial charge is 0.0905 e. The highest BCUT2D eigenvalue weighted by Gasteiger charge is 2.27. The highest BCUT2D eigenvalue weighted by molar-refractivity contribution is 6.31. The van der Waals surface area contributed by atoms with E-state index in [9.17, 15) is 0 Å². The van der Waals surface area contributed by atoms with E-state index in [1.165, 1.54) is 0 Å². The fourth-order valence-corrected chi connectivity index (χ4v) is 2.54. The summed E-state index contributed by atoms with van der Waals surface area (Å²) in [5.41, 5.74) is 3.76. The normalized spacial score (nSPS) is 14.6. The van der Waals surface area contributed by atoms with Crippen molar-refractivity contribution in [3.8, 4) is 0 Å². The van der Waals surface area contributed by atoms with Crippen molar-refractivity contribution in [2.75, 3.05) is 6.61 Å². The molecule has 6 heteroatoms. The van der Waals surface area contributed by atoms with Gasteiger partial charge in [-0.2, -0.15) is 5.10 Å². The quantitative estimate of drug-likeness (QED) is 0.542. The molecule has 1 heterocycles. The Labute approximate surface area is 120 Å². The molecule has 1 rings (SSSR count). The SMILES string of the molecule is CCCC(OCC)C(NN)c1c(Cl)cnn1CCC. The molecule has 0 fully saturated rings. The zero-order valence-corrected chi connectivity index (χ0v) is 12.8. The molecule has 0 saturated carbocycles. The summed E-state index contributed by atoms with van der Waals surface area (Å²) in [4.78, 5) is 0. The van der Waals surface area contributed by atoms with E-state index in [4.69, 9.17) is 22.2 Å². The highest BCUT2D eigenvalue weighted by Crippen LogP contribution is 2.28. The third-order valence-electron chi connectivity index (χ3n) is 3.07. The van der Waals surface area contributed by atoms with Crippen LogP contribution in [0.1, 0.15) is 51.8 Å². The van der Waals surface area contributed by atoms with E-state index in [1.807, 2.05) is 11.6 Å². The first-order valence-electron chi connectivity index (χ1n) is 6.98. The van der Waals surface area contributed by atoms with Crippen LogP contribution in [-0.4, -0.2) is 22.5 Å². The summed E-state index contributed by atoms with van der Waals surface area (Å²) in [6.45, 7) is 7.70. The van der Waals surface area contributed by atoms with Gasteiger partial charge in [0.05, 0.1) is 29.1 Å². The molecule has 110 valence electrons. The van der Waals surface area contributed by atoms with Gasteiger partial charge in [0, 0.05) is 13.2 Å². The van der Waals surface area contributed by atoms with Gasteiger partial charge in [-0.1, -0.05) is 31.9 Å². The van der Waals surface area contributed by atoms with Gasteiger partial charge in [0.2, 0.25) is 0 Å². The zero-order valence-electron chi connectivity index (χ0n) is 12.0. The summed E-state index contributed by atoms with van der Waals surface area (Å²) in [6.07, 6.45) is 4.63. The van der Waals surface area contributed by atoms with Crippen molar-refractivity contribution in [2.45, 2.75) is 58.7 Å². The van der Waals surface area contributed by atoms with Gasteiger partial charge < -0.3 is 4.74 Å². The van der Waals surface area contributed by atoms with Crippen LogP contribution in [0.2, 0.25) is 5.02 Å². The van der Waals surface area contributed by atoms with Crippen LogP contribution < -0.4 is 11.3 Å². The Morgan fingerprint density at radius 3 is 2.68 bits per heavy atom. The monoisotopic (exact) mass is 288 g/mol. The molecule has 0 aromatic carbocycles. The largest absolute Gasteiger partial charge is 0.376 e. The number of hydrogen-bond acceptors (Lipinski definition) is 4. The molecule has 0 aliphatic rings. The molecule has 0 saturated heterocycles. The number of nitrogens with two attached hydrogens (primary N) is 1. The minimum absolute atomic E-state index is 0.00445. The number of rotatable bonds is 9. The first-order valence-corrected chi connectivity index (χ1v) is 7.36. The average molecular weight is 289 g/mol. The molecular weight excluding hydrogens is 264 g/mol. The maximum Gasteiger partial charge on any atom is 0.0905 e. The van der Waals surface area contributed by atoms with Crippen LogP contribution >= 0.6 is 11.6 Å². The van der Waals surface area contributed by atoms with Gasteiger partial charge in [0.25, 0.3) is 0 Å². The Hall–Kier alpha value is -0.620. The van der Waals surface area contributed by atoms with E-state index in [-0.39, 0.29) is 12.1 Å². The third kappa shape index (κ3) is 4.18. The zero-order chi connectivity index (χ0) is 14.3. The van der Waals surface area contributed by atoms with Crippen molar-refractivity contribution in [1.29, 1.82) is 0 Å². The van der Waals surface area contributed by atoms with Gasteiger partial charge in [-0.25, -0.2) is 5.43 Å². The van der Waals surface area contributed by atoms with Gasteiger partial charge in [-0.3, -0.25) is 10.5 Å². The third-order valence-corrected chi connectivity index (χ3v) is 3.36. The maximum absolute atomic E-state index is 6.26. The predicted molar refractivity (Wildman–Crippen MR) is 77.9 cm³/mol. The van der Waals surface area contributed by atoms with Gasteiger partial charge >= 0.3 is 0 Å². The summed E-state index contributed by atoms with van der Waals surface area (Å²) in [5.74, 6) is 5.73. The second-order valence-electron chi connectivity index (χ2n) is 4.53. The van der Waals surface area contributed by atoms with Crippen molar-refractivity contribution in [3.63, 3.8) is 0 Å². The maximum atomic E-state index is 6.26. The summed E-state index contributed by atoms with van der Waals surface area (Å²) in [6, 6.07) is -0.138. The van der Waals surface area contributed by atoms with Crippen molar-refractivity contribution in [1.82, 2.24) is 15.2 Å². The summed E-state index contributed by atoms with van der Waals surface area (Å²) in [7, 11) is 0. The lowest BCUT2D eigenvalue weighted by molar-refractivity contribution is 0.0253. The van der Waals surface area contributed by atoms with E-state index >= 15 is 0 Å². The number of nitrogens with zero attached hydrogens (tertiary/aromatic N) is 2. The van der Waals surface area contributed by atoms with Crippen LogP contribution in [0, 0.1) is 0 Å². The standard InChI is InChI=1S/C13H25ClN4O/c1-4-7-11(19-6-3)12(17-15)13-10(14)9-16-18(13)8-5-2/h9,11-12,17H,4-8,15H2,1-3H3. The first-order chi connectivity index (χ1) is 9.19. The van der Waals surface area contributed by atoms with Crippen molar-refractivity contribution < 1.29 is 4.74 Å². The Kier molecular flexibility index (Phi) is 7.38. The molecule has 0 aliphatic heterocycles. The van der Waals surface area contributed by atoms with Crippen molar-refractivity contribution >= 4 is 11.6 Å². The summed E-state index contributed by atoms with van der Waals surface area (Å²) >= 11 is 6.26. The Bertz CT molecular complexity index is 364. The van der Waals surface area contributed by atoms with E-state index in [2.05, 4.69) is 24.4 Å². The second-order valence-corrected chi connectivity index (χ2v) is 4.93. The topological polar surface area (TPSA) is 65.1 Å². The average Bonchev–Trinajstić information content (AvgIpc) is 2.74. The Morgan fingerprint density at radius 1 is 1.42 bits per heavy atom. The van der Waals surface area contributed by atoms with Crippen LogP contribution in [-0.2, 0) is 11.3 Å². The van der Waals surface area contributed by atoms with Gasteiger partial charge in [0.1, 0.15) is 0 Å². The Morgan fingerprint density at radius 2 is 2.16 bits per heavy atom. The number of nitrogens with one attached hydrogen (secondary N) is 1. The number of aryl methyl sites for hydroxylation is 1. The van der Waals surface area contributed by atoms with E-state index in [0.29, 0.717) is 11.6 Å². The predicted octanol–water partition coefficient (Wildman–Crippen LogP) is 2.66. The fraction of sp³-hybridized carbons (Fsp3) is 0.769. The van der Waals surface area contributed by atoms with Gasteiger partial charge in [-0.15, -0.1) is 0 Å². The molecule has 1 aromatic rings. The molecule has 3 N–H and O–H groups in total. The molecule has 0 radical (unpaired) electrons. The van der Waals surface area contributed by atoms with Crippen LogP contribution in [0.5, 0.6) is 0 Å². The molecule has 0 aliphatic carbocycles.